The van der Waals surface area contributed by atoms with Crippen LogP contribution in [0.5, 0.6) is 0 Å². The summed E-state index contributed by atoms with van der Waals surface area (Å²) < 4.78 is 6.59. The second-order valence-corrected chi connectivity index (χ2v) is 4.72. The Morgan fingerprint density at radius 1 is 1.42 bits per heavy atom. The summed E-state index contributed by atoms with van der Waals surface area (Å²) in [7, 11) is 0. The fourth-order valence-corrected chi connectivity index (χ4v) is 2.24. The van der Waals surface area contributed by atoms with Crippen molar-refractivity contribution in [3.8, 4) is 0 Å². The maximum atomic E-state index is 11.1. The van der Waals surface area contributed by atoms with Crippen LogP contribution in [0.2, 0.25) is 5.02 Å². The van der Waals surface area contributed by atoms with Crippen molar-refractivity contribution in [3.63, 3.8) is 0 Å². The minimum absolute atomic E-state index is 0.486. The van der Waals surface area contributed by atoms with E-state index in [4.69, 9.17) is 11.6 Å². The van der Waals surface area contributed by atoms with Gasteiger partial charge in [-0.25, -0.2) is 4.63 Å². The van der Waals surface area contributed by atoms with Crippen molar-refractivity contribution in [2.75, 3.05) is 0 Å². The van der Waals surface area contributed by atoms with E-state index in [1.165, 1.54) is 0 Å². The van der Waals surface area contributed by atoms with Crippen LogP contribution in [0.3, 0.4) is 0 Å². The second kappa shape index (κ2) is 4.51. The second-order valence-electron chi connectivity index (χ2n) is 4.29. The molecule has 0 aliphatic carbocycles. The molecule has 0 bridgehead atoms. The van der Waals surface area contributed by atoms with Gasteiger partial charge in [0.1, 0.15) is 11.4 Å². The highest BCUT2D eigenvalue weighted by atomic mass is 35.5. The minimum Gasteiger partial charge on any atom is -0.340 e. The third-order valence-electron chi connectivity index (χ3n) is 3.07. The standard InChI is InChI=1S/C13H10ClN3O2/c1-8-12(16-19-15-8)6-17-5-9(7-18)11-3-2-10(14)4-13(11)17/h2-5,7H,6H2,1H3. The number of hydrogen-bond acceptors (Lipinski definition) is 4. The van der Waals surface area contributed by atoms with E-state index < -0.39 is 0 Å². The molecule has 5 nitrogen and oxygen atoms in total. The van der Waals surface area contributed by atoms with Crippen molar-refractivity contribution in [2.24, 2.45) is 0 Å². The van der Waals surface area contributed by atoms with Crippen LogP contribution in [0.1, 0.15) is 21.7 Å². The maximum Gasteiger partial charge on any atom is 0.152 e. The molecule has 0 amide bonds. The minimum atomic E-state index is 0.486. The van der Waals surface area contributed by atoms with Gasteiger partial charge >= 0.3 is 0 Å². The predicted molar refractivity (Wildman–Crippen MR) is 70.5 cm³/mol. The number of benzene rings is 1. The smallest absolute Gasteiger partial charge is 0.152 e. The highest BCUT2D eigenvalue weighted by Crippen LogP contribution is 2.24. The van der Waals surface area contributed by atoms with Crippen molar-refractivity contribution in [1.82, 2.24) is 14.9 Å². The summed E-state index contributed by atoms with van der Waals surface area (Å²) >= 11 is 6.01. The quantitative estimate of drug-likeness (QED) is 0.690. The van der Waals surface area contributed by atoms with Gasteiger partial charge in [0.2, 0.25) is 0 Å². The van der Waals surface area contributed by atoms with E-state index in [1.54, 1.807) is 12.3 Å². The first-order chi connectivity index (χ1) is 9.19. The highest BCUT2D eigenvalue weighted by Gasteiger charge is 2.12. The molecule has 0 saturated heterocycles. The Morgan fingerprint density at radius 3 is 2.95 bits per heavy atom. The SMILES string of the molecule is Cc1nonc1Cn1cc(C=O)c2ccc(Cl)cc21. The highest BCUT2D eigenvalue weighted by molar-refractivity contribution is 6.31. The summed E-state index contributed by atoms with van der Waals surface area (Å²) in [5.74, 6) is 0. The Hall–Kier alpha value is -2.14. The normalized spacial score (nSPS) is 11.1. The first-order valence-electron chi connectivity index (χ1n) is 5.70. The molecule has 0 saturated carbocycles. The zero-order chi connectivity index (χ0) is 13.4. The number of aldehydes is 1. The van der Waals surface area contributed by atoms with E-state index in [-0.39, 0.29) is 0 Å². The molecular formula is C13H10ClN3O2. The monoisotopic (exact) mass is 275 g/mol. The van der Waals surface area contributed by atoms with Gasteiger partial charge in [0, 0.05) is 22.2 Å². The third kappa shape index (κ3) is 2.02. The zero-order valence-corrected chi connectivity index (χ0v) is 10.9. The van der Waals surface area contributed by atoms with Gasteiger partial charge < -0.3 is 4.57 Å². The van der Waals surface area contributed by atoms with Crippen LogP contribution in [-0.4, -0.2) is 21.2 Å². The number of aryl methyl sites for hydroxylation is 1. The van der Waals surface area contributed by atoms with Crippen molar-refractivity contribution in [2.45, 2.75) is 13.5 Å². The number of carbonyl (C=O) groups excluding carboxylic acids is 1. The summed E-state index contributed by atoms with van der Waals surface area (Å²) in [4.78, 5) is 11.1. The van der Waals surface area contributed by atoms with Crippen LogP contribution < -0.4 is 0 Å². The van der Waals surface area contributed by atoms with Gasteiger partial charge in [-0.05, 0) is 19.1 Å². The van der Waals surface area contributed by atoms with Crippen LogP contribution in [0.4, 0.5) is 0 Å². The van der Waals surface area contributed by atoms with E-state index in [0.717, 1.165) is 28.6 Å². The fourth-order valence-electron chi connectivity index (χ4n) is 2.07. The Balaban J connectivity index is 2.15. The number of nitrogens with zero attached hydrogens (tertiary/aromatic N) is 3. The Bertz CT molecular complexity index is 760. The van der Waals surface area contributed by atoms with Crippen LogP contribution in [0, 0.1) is 6.92 Å². The topological polar surface area (TPSA) is 60.9 Å². The summed E-state index contributed by atoms with van der Waals surface area (Å²) in [5.41, 5.74) is 2.98. The molecular weight excluding hydrogens is 266 g/mol. The maximum absolute atomic E-state index is 11.1. The molecule has 0 aliphatic heterocycles. The predicted octanol–water partition coefficient (Wildman–Crippen LogP) is 2.85. The molecule has 3 aromatic rings. The van der Waals surface area contributed by atoms with Gasteiger partial charge in [-0.1, -0.05) is 28.0 Å². The lowest BCUT2D eigenvalue weighted by atomic mass is 10.2. The summed E-state index contributed by atoms with van der Waals surface area (Å²) in [6, 6.07) is 5.43. The van der Waals surface area contributed by atoms with Gasteiger partial charge in [-0.15, -0.1) is 0 Å². The molecule has 0 radical (unpaired) electrons. The average Bonchev–Trinajstić information content (AvgIpc) is 2.95. The van der Waals surface area contributed by atoms with Crippen molar-refractivity contribution >= 4 is 28.8 Å². The largest absolute Gasteiger partial charge is 0.340 e. The van der Waals surface area contributed by atoms with E-state index in [9.17, 15) is 4.79 Å². The first-order valence-corrected chi connectivity index (χ1v) is 6.08. The van der Waals surface area contributed by atoms with E-state index in [2.05, 4.69) is 14.9 Å². The molecule has 3 rings (SSSR count). The molecule has 19 heavy (non-hydrogen) atoms. The molecule has 0 atom stereocenters. The Morgan fingerprint density at radius 2 is 2.26 bits per heavy atom. The summed E-state index contributed by atoms with van der Waals surface area (Å²) in [5, 5.41) is 9.08. The van der Waals surface area contributed by atoms with Crippen molar-refractivity contribution < 1.29 is 9.42 Å². The summed E-state index contributed by atoms with van der Waals surface area (Å²) in [6.07, 6.45) is 2.61. The van der Waals surface area contributed by atoms with Crippen molar-refractivity contribution in [1.29, 1.82) is 0 Å². The molecule has 0 N–H and O–H groups in total. The van der Waals surface area contributed by atoms with Crippen LogP contribution in [0.15, 0.2) is 29.0 Å². The molecule has 0 unspecified atom stereocenters. The van der Waals surface area contributed by atoms with Gasteiger partial charge in [0.15, 0.2) is 6.29 Å². The molecule has 2 heterocycles. The molecule has 0 aliphatic rings. The van der Waals surface area contributed by atoms with E-state index >= 15 is 0 Å². The summed E-state index contributed by atoms with van der Waals surface area (Å²) in [6.45, 7) is 2.31. The first kappa shape index (κ1) is 11.9. The lowest BCUT2D eigenvalue weighted by Gasteiger charge is -2.02. The lowest BCUT2D eigenvalue weighted by Crippen LogP contribution is -2.00. The van der Waals surface area contributed by atoms with Crippen LogP contribution >= 0.6 is 11.6 Å². The Kier molecular flexibility index (Phi) is 2.83. The molecule has 1 aromatic carbocycles. The molecule has 96 valence electrons. The average molecular weight is 276 g/mol. The fraction of sp³-hybridized carbons (Fsp3) is 0.154. The number of fused-ring (bicyclic) bond motifs is 1. The molecule has 2 aromatic heterocycles. The van der Waals surface area contributed by atoms with Gasteiger partial charge in [0.25, 0.3) is 0 Å². The number of carbonyl (C=O) groups is 1. The number of halogens is 1. The van der Waals surface area contributed by atoms with Gasteiger partial charge in [-0.3, -0.25) is 4.79 Å². The van der Waals surface area contributed by atoms with Crippen LogP contribution in [-0.2, 0) is 6.54 Å². The van der Waals surface area contributed by atoms with E-state index in [1.807, 2.05) is 23.6 Å². The molecule has 0 spiro atoms. The number of aromatic nitrogens is 3. The third-order valence-corrected chi connectivity index (χ3v) is 3.30. The number of rotatable bonds is 3. The molecule has 6 heteroatoms. The van der Waals surface area contributed by atoms with E-state index in [0.29, 0.717) is 17.1 Å². The van der Waals surface area contributed by atoms with Gasteiger partial charge in [0.05, 0.1) is 12.1 Å². The van der Waals surface area contributed by atoms with Gasteiger partial charge in [-0.2, -0.15) is 0 Å². The Labute approximate surface area is 113 Å². The molecule has 0 fully saturated rings. The lowest BCUT2D eigenvalue weighted by molar-refractivity contribution is 0.112. The van der Waals surface area contributed by atoms with Crippen LogP contribution in [0.25, 0.3) is 10.9 Å². The number of hydrogen-bond donors (Lipinski definition) is 0. The van der Waals surface area contributed by atoms with Crippen molar-refractivity contribution in [3.05, 3.63) is 46.4 Å². The zero-order valence-electron chi connectivity index (χ0n) is 10.1.